The minimum absolute atomic E-state index is 0.406. The Morgan fingerprint density at radius 2 is 1.84 bits per heavy atom. The van der Waals surface area contributed by atoms with Crippen LogP contribution in [0.2, 0.25) is 0 Å². The summed E-state index contributed by atoms with van der Waals surface area (Å²) < 4.78 is 25.0. The molecule has 0 atom stereocenters. The quantitative estimate of drug-likeness (QED) is 0.843. The van der Waals surface area contributed by atoms with Gasteiger partial charge in [0.05, 0.1) is 6.07 Å². The van der Waals surface area contributed by atoms with Crippen molar-refractivity contribution in [1.29, 1.82) is 5.26 Å². The highest BCUT2D eigenvalue weighted by atomic mass is 32.2. The highest BCUT2D eigenvalue weighted by molar-refractivity contribution is 7.89. The number of hydrogen-bond donors (Lipinski definition) is 0. The van der Waals surface area contributed by atoms with Gasteiger partial charge in [0.2, 0.25) is 10.0 Å². The molecule has 1 aliphatic heterocycles. The molecule has 1 aromatic rings. The van der Waals surface area contributed by atoms with Crippen molar-refractivity contribution in [2.75, 3.05) is 18.8 Å². The van der Waals surface area contributed by atoms with Crippen LogP contribution < -0.4 is 0 Å². The number of rotatable bonds is 4. The number of nitriles is 1. The summed E-state index contributed by atoms with van der Waals surface area (Å²) in [6, 6.07) is 12.0. The van der Waals surface area contributed by atoms with Crippen LogP contribution in [0.25, 0.3) is 0 Å². The second-order valence-electron chi connectivity index (χ2n) is 4.95. The van der Waals surface area contributed by atoms with Crippen LogP contribution in [0, 0.1) is 17.2 Å². The van der Waals surface area contributed by atoms with Crippen molar-refractivity contribution in [3.63, 3.8) is 0 Å². The van der Waals surface area contributed by atoms with Gasteiger partial charge in [-0.25, -0.2) is 12.7 Å². The summed E-state index contributed by atoms with van der Waals surface area (Å²) >= 11 is 0. The maximum atomic E-state index is 11.8. The zero-order chi connectivity index (χ0) is 13.7. The first-order chi connectivity index (χ1) is 9.12. The molecule has 1 aromatic carbocycles. The molecule has 0 saturated carbocycles. The Balaban J connectivity index is 1.88. The van der Waals surface area contributed by atoms with Crippen LogP contribution in [0.1, 0.15) is 18.4 Å². The Bertz CT molecular complexity index is 541. The van der Waals surface area contributed by atoms with Crippen LogP contribution in [0.5, 0.6) is 0 Å². The van der Waals surface area contributed by atoms with Gasteiger partial charge in [-0.1, -0.05) is 30.3 Å². The van der Waals surface area contributed by atoms with Crippen molar-refractivity contribution in [3.8, 4) is 6.07 Å². The monoisotopic (exact) mass is 278 g/mol. The van der Waals surface area contributed by atoms with E-state index in [-0.39, 0.29) is 0 Å². The molecule has 0 unspecified atom stereocenters. The molecular weight excluding hydrogens is 260 g/mol. The van der Waals surface area contributed by atoms with Gasteiger partial charge >= 0.3 is 0 Å². The van der Waals surface area contributed by atoms with Gasteiger partial charge < -0.3 is 0 Å². The van der Waals surface area contributed by atoms with E-state index in [9.17, 15) is 8.42 Å². The lowest BCUT2D eigenvalue weighted by Crippen LogP contribution is -2.39. The molecule has 0 aliphatic carbocycles. The van der Waals surface area contributed by atoms with Gasteiger partial charge in [0.1, 0.15) is 0 Å². The summed E-state index contributed by atoms with van der Waals surface area (Å²) in [6.07, 6.45) is 2.76. The van der Waals surface area contributed by atoms with Crippen LogP contribution in [0.4, 0.5) is 0 Å². The summed E-state index contributed by atoms with van der Waals surface area (Å²) in [5, 5.41) is 8.52. The van der Waals surface area contributed by atoms with Gasteiger partial charge in [0, 0.05) is 13.1 Å². The van der Waals surface area contributed by atoms with Gasteiger partial charge in [-0.05, 0) is 30.7 Å². The molecular formula is C14H18N2O2S. The molecule has 1 fully saturated rings. The van der Waals surface area contributed by atoms with Crippen LogP contribution in [-0.2, 0) is 16.4 Å². The summed E-state index contributed by atoms with van der Waals surface area (Å²) in [5.41, 5.74) is 1.31. The predicted octanol–water partition coefficient (Wildman–Crippen LogP) is 1.79. The van der Waals surface area contributed by atoms with E-state index in [0.29, 0.717) is 19.0 Å². The average Bonchev–Trinajstić information content (AvgIpc) is 2.40. The molecule has 0 spiro atoms. The molecule has 102 valence electrons. The zero-order valence-corrected chi connectivity index (χ0v) is 11.6. The fourth-order valence-corrected chi connectivity index (χ4v) is 3.62. The highest BCUT2D eigenvalue weighted by Crippen LogP contribution is 2.23. The minimum Gasteiger partial charge on any atom is -0.211 e. The van der Waals surface area contributed by atoms with Crippen LogP contribution >= 0.6 is 0 Å². The number of sulfonamides is 1. The third-order valence-corrected chi connectivity index (χ3v) is 5.23. The molecule has 0 bridgehead atoms. The van der Waals surface area contributed by atoms with Crippen LogP contribution in [0.15, 0.2) is 30.3 Å². The standard InChI is InChI=1S/C14H18N2O2S/c15-8-11-19(17,18)16-9-6-14(7-10-16)12-13-4-2-1-3-5-13/h1-5,14H,6-7,9-12H2. The van der Waals surface area contributed by atoms with E-state index in [1.165, 1.54) is 9.87 Å². The first kappa shape index (κ1) is 14.0. The largest absolute Gasteiger partial charge is 0.227 e. The zero-order valence-electron chi connectivity index (χ0n) is 10.8. The van der Waals surface area contributed by atoms with E-state index in [1.54, 1.807) is 6.07 Å². The lowest BCUT2D eigenvalue weighted by molar-refractivity contribution is 0.273. The molecule has 0 aromatic heterocycles. The lowest BCUT2D eigenvalue weighted by atomic mass is 9.91. The number of nitrogens with zero attached hydrogens (tertiary/aromatic N) is 2. The molecule has 1 heterocycles. The molecule has 19 heavy (non-hydrogen) atoms. The third-order valence-electron chi connectivity index (χ3n) is 3.58. The molecule has 0 N–H and O–H groups in total. The van der Waals surface area contributed by atoms with Crippen molar-refractivity contribution in [2.24, 2.45) is 5.92 Å². The maximum Gasteiger partial charge on any atom is 0.227 e. The number of piperidine rings is 1. The van der Waals surface area contributed by atoms with Gasteiger partial charge in [0.25, 0.3) is 0 Å². The Labute approximate surface area is 114 Å². The molecule has 0 amide bonds. The van der Waals surface area contributed by atoms with Gasteiger partial charge in [-0.3, -0.25) is 0 Å². The lowest BCUT2D eigenvalue weighted by Gasteiger charge is -2.30. The minimum atomic E-state index is -3.36. The Morgan fingerprint density at radius 3 is 2.42 bits per heavy atom. The summed E-state index contributed by atoms with van der Waals surface area (Å²) in [6.45, 7) is 1.09. The highest BCUT2D eigenvalue weighted by Gasteiger charge is 2.27. The van der Waals surface area contributed by atoms with E-state index < -0.39 is 15.8 Å². The predicted molar refractivity (Wildman–Crippen MR) is 73.8 cm³/mol. The molecule has 1 saturated heterocycles. The van der Waals surface area contributed by atoms with Gasteiger partial charge in [-0.15, -0.1) is 0 Å². The summed E-state index contributed by atoms with van der Waals surface area (Å²) in [4.78, 5) is 0. The second-order valence-corrected chi connectivity index (χ2v) is 6.92. The first-order valence-corrected chi connectivity index (χ1v) is 8.11. The average molecular weight is 278 g/mol. The Morgan fingerprint density at radius 1 is 1.21 bits per heavy atom. The maximum absolute atomic E-state index is 11.8. The Kier molecular flexibility index (Phi) is 4.56. The van der Waals surface area contributed by atoms with Crippen LogP contribution in [0.3, 0.4) is 0 Å². The van der Waals surface area contributed by atoms with Crippen LogP contribution in [-0.4, -0.2) is 31.6 Å². The van der Waals surface area contributed by atoms with Crippen molar-refractivity contribution in [1.82, 2.24) is 4.31 Å². The van der Waals surface area contributed by atoms with Crippen molar-refractivity contribution < 1.29 is 8.42 Å². The number of hydrogen-bond acceptors (Lipinski definition) is 3. The van der Waals surface area contributed by atoms with Crippen molar-refractivity contribution in [2.45, 2.75) is 19.3 Å². The summed E-state index contributed by atoms with van der Waals surface area (Å²) in [5.74, 6) is 0.132. The molecule has 4 nitrogen and oxygen atoms in total. The van der Waals surface area contributed by atoms with Crippen molar-refractivity contribution in [3.05, 3.63) is 35.9 Å². The molecule has 5 heteroatoms. The van der Waals surface area contributed by atoms with Gasteiger partial charge in [0.15, 0.2) is 5.75 Å². The van der Waals surface area contributed by atoms with E-state index >= 15 is 0 Å². The first-order valence-electron chi connectivity index (χ1n) is 6.50. The molecule has 1 aliphatic rings. The van der Waals surface area contributed by atoms with E-state index in [4.69, 9.17) is 5.26 Å². The molecule has 0 radical (unpaired) electrons. The second kappa shape index (κ2) is 6.18. The normalized spacial score (nSPS) is 18.1. The third kappa shape index (κ3) is 3.79. The SMILES string of the molecule is N#CCS(=O)(=O)N1CCC(Cc2ccccc2)CC1. The molecule has 2 rings (SSSR count). The van der Waals surface area contributed by atoms with Crippen molar-refractivity contribution >= 4 is 10.0 Å². The smallest absolute Gasteiger partial charge is 0.211 e. The Hall–Kier alpha value is -1.38. The van der Waals surface area contributed by atoms with E-state index in [0.717, 1.165) is 19.3 Å². The van der Waals surface area contributed by atoms with E-state index in [2.05, 4.69) is 12.1 Å². The number of benzene rings is 1. The summed E-state index contributed by atoms with van der Waals surface area (Å²) in [7, 11) is -3.36. The van der Waals surface area contributed by atoms with Gasteiger partial charge in [-0.2, -0.15) is 5.26 Å². The fourth-order valence-electron chi connectivity index (χ4n) is 2.51. The topological polar surface area (TPSA) is 61.2 Å². The fraction of sp³-hybridized carbons (Fsp3) is 0.500. The van der Waals surface area contributed by atoms with E-state index in [1.807, 2.05) is 18.2 Å².